The highest BCUT2D eigenvalue weighted by molar-refractivity contribution is 8.18. The molecule has 4 aromatic rings. The molecule has 202 valence electrons. The molecule has 5 rings (SSSR count). The van der Waals surface area contributed by atoms with Gasteiger partial charge < -0.3 is 9.47 Å². The molecule has 0 bridgehead atoms. The Morgan fingerprint density at radius 2 is 1.60 bits per heavy atom. The molecule has 40 heavy (non-hydrogen) atoms. The number of amides is 1. The van der Waals surface area contributed by atoms with E-state index in [1.807, 2.05) is 85.8 Å². The van der Waals surface area contributed by atoms with Crippen molar-refractivity contribution in [1.29, 1.82) is 0 Å². The van der Waals surface area contributed by atoms with Gasteiger partial charge in [0, 0.05) is 6.54 Å². The first kappa shape index (κ1) is 27.2. The zero-order chi connectivity index (χ0) is 27.7. The maximum absolute atomic E-state index is 13.6. The van der Waals surface area contributed by atoms with Crippen LogP contribution in [0.15, 0.2) is 113 Å². The van der Waals surface area contributed by atoms with E-state index in [1.165, 1.54) is 23.9 Å². The molecule has 0 radical (unpaired) electrons. The van der Waals surface area contributed by atoms with Crippen LogP contribution in [-0.2, 0) is 17.8 Å². The first-order valence-corrected chi connectivity index (χ1v) is 13.9. The fraction of sp³-hybridized carbons (Fsp3) is 0.152. The fourth-order valence-corrected chi connectivity index (χ4v) is 5.25. The van der Waals surface area contributed by atoms with E-state index in [0.29, 0.717) is 34.7 Å². The summed E-state index contributed by atoms with van der Waals surface area (Å²) in [6.07, 6.45) is 2.58. The van der Waals surface area contributed by atoms with Crippen molar-refractivity contribution < 1.29 is 18.7 Å². The second-order valence-electron chi connectivity index (χ2n) is 9.09. The molecule has 4 aromatic carbocycles. The number of carbonyl (C=O) groups is 1. The minimum atomic E-state index is -0.306. The number of carbonyl (C=O) groups excluding carboxylic acids is 1. The Balaban J connectivity index is 1.38. The lowest BCUT2D eigenvalue weighted by atomic mass is 10.1. The van der Waals surface area contributed by atoms with Gasteiger partial charge in [-0.25, -0.2) is 9.38 Å². The van der Waals surface area contributed by atoms with Crippen LogP contribution in [0.4, 0.5) is 10.1 Å². The third kappa shape index (κ3) is 6.98. The molecule has 1 aliphatic rings. The molecule has 0 unspecified atom stereocenters. The van der Waals surface area contributed by atoms with Crippen molar-refractivity contribution in [2.45, 2.75) is 20.0 Å². The quantitative estimate of drug-likeness (QED) is 0.190. The molecule has 0 aliphatic carbocycles. The third-order valence-corrected chi connectivity index (χ3v) is 7.19. The van der Waals surface area contributed by atoms with Crippen LogP contribution in [0.1, 0.15) is 23.6 Å². The fourth-order valence-electron chi connectivity index (χ4n) is 4.23. The molecule has 0 atom stereocenters. The Hall–Kier alpha value is -4.36. The first-order valence-electron chi connectivity index (χ1n) is 13.1. The van der Waals surface area contributed by atoms with Crippen LogP contribution in [-0.4, -0.2) is 29.1 Å². The lowest BCUT2D eigenvalue weighted by Gasteiger charge is -2.15. The van der Waals surface area contributed by atoms with E-state index >= 15 is 0 Å². The minimum absolute atomic E-state index is 0.0833. The van der Waals surface area contributed by atoms with Gasteiger partial charge in [-0.05, 0) is 84.3 Å². The van der Waals surface area contributed by atoms with Gasteiger partial charge in [0.15, 0.2) is 16.7 Å². The molecule has 5 nitrogen and oxygen atoms in total. The topological polar surface area (TPSA) is 51.1 Å². The number of para-hydroxylation sites is 1. The normalized spacial score (nSPS) is 15.2. The molecule has 1 fully saturated rings. The van der Waals surface area contributed by atoms with E-state index in [1.54, 1.807) is 11.0 Å². The number of ether oxygens (including phenoxy) is 2. The number of rotatable bonds is 10. The zero-order valence-corrected chi connectivity index (χ0v) is 22.9. The van der Waals surface area contributed by atoms with E-state index < -0.39 is 0 Å². The average molecular weight is 553 g/mol. The number of amidine groups is 1. The molecular weight excluding hydrogens is 523 g/mol. The van der Waals surface area contributed by atoms with Crippen LogP contribution in [0.25, 0.3) is 6.08 Å². The van der Waals surface area contributed by atoms with Crippen LogP contribution < -0.4 is 9.47 Å². The number of benzene rings is 4. The molecule has 0 N–H and O–H groups in total. The van der Waals surface area contributed by atoms with Gasteiger partial charge in [0.1, 0.15) is 12.4 Å². The minimum Gasteiger partial charge on any atom is -0.490 e. The summed E-state index contributed by atoms with van der Waals surface area (Å²) < 4.78 is 25.3. The highest BCUT2D eigenvalue weighted by Crippen LogP contribution is 2.36. The summed E-state index contributed by atoms with van der Waals surface area (Å²) in [5.41, 5.74) is 3.48. The predicted octanol–water partition coefficient (Wildman–Crippen LogP) is 7.65. The molecular formula is C33H29FN2O3S. The van der Waals surface area contributed by atoms with Crippen molar-refractivity contribution in [1.82, 2.24) is 4.90 Å². The second-order valence-corrected chi connectivity index (χ2v) is 10.1. The van der Waals surface area contributed by atoms with E-state index in [4.69, 9.17) is 14.5 Å². The van der Waals surface area contributed by atoms with E-state index in [-0.39, 0.29) is 18.3 Å². The second kappa shape index (κ2) is 13.1. The Bertz CT molecular complexity index is 1520. The van der Waals surface area contributed by atoms with Crippen LogP contribution in [0.2, 0.25) is 0 Å². The Morgan fingerprint density at radius 1 is 0.850 bits per heavy atom. The van der Waals surface area contributed by atoms with Gasteiger partial charge in [-0.3, -0.25) is 9.69 Å². The number of hydrogen-bond acceptors (Lipinski definition) is 5. The van der Waals surface area contributed by atoms with Crippen molar-refractivity contribution in [2.24, 2.45) is 4.99 Å². The SMILES string of the molecule is CCOc1cc(/C=C2/SC(=Nc3ccccc3)N(CCc3ccccc3)C2=O)ccc1OCc1cccc(F)c1. The summed E-state index contributed by atoms with van der Waals surface area (Å²) in [4.78, 5) is 20.7. The molecule has 7 heteroatoms. The highest BCUT2D eigenvalue weighted by atomic mass is 32.2. The van der Waals surface area contributed by atoms with Crippen molar-refractivity contribution in [3.8, 4) is 11.5 Å². The Kier molecular flexibility index (Phi) is 8.93. The van der Waals surface area contributed by atoms with E-state index in [9.17, 15) is 9.18 Å². The molecule has 1 amide bonds. The smallest absolute Gasteiger partial charge is 0.266 e. The molecule has 0 aromatic heterocycles. The van der Waals surface area contributed by atoms with E-state index in [2.05, 4.69) is 12.1 Å². The summed E-state index contributed by atoms with van der Waals surface area (Å²) in [5.74, 6) is 0.720. The summed E-state index contributed by atoms with van der Waals surface area (Å²) in [6.45, 7) is 3.08. The van der Waals surface area contributed by atoms with Gasteiger partial charge in [-0.15, -0.1) is 0 Å². The van der Waals surface area contributed by atoms with Crippen LogP contribution in [0.3, 0.4) is 0 Å². The number of nitrogens with zero attached hydrogens (tertiary/aromatic N) is 2. The summed E-state index contributed by atoms with van der Waals surface area (Å²) in [5, 5.41) is 0.651. The van der Waals surface area contributed by atoms with Gasteiger partial charge >= 0.3 is 0 Å². The molecule has 1 heterocycles. The van der Waals surface area contributed by atoms with Gasteiger partial charge in [0.25, 0.3) is 5.91 Å². The Morgan fingerprint density at radius 3 is 2.35 bits per heavy atom. The maximum atomic E-state index is 13.6. The highest BCUT2D eigenvalue weighted by Gasteiger charge is 2.33. The van der Waals surface area contributed by atoms with E-state index in [0.717, 1.165) is 28.8 Å². The van der Waals surface area contributed by atoms with Gasteiger partial charge in [-0.1, -0.05) is 66.7 Å². The maximum Gasteiger partial charge on any atom is 0.266 e. The monoisotopic (exact) mass is 552 g/mol. The number of halogens is 1. The van der Waals surface area contributed by atoms with Crippen molar-refractivity contribution in [2.75, 3.05) is 13.2 Å². The van der Waals surface area contributed by atoms with Gasteiger partial charge in [0.05, 0.1) is 17.2 Å². The van der Waals surface area contributed by atoms with Gasteiger partial charge in [0.2, 0.25) is 0 Å². The largest absolute Gasteiger partial charge is 0.490 e. The number of hydrogen-bond donors (Lipinski definition) is 0. The summed E-state index contributed by atoms with van der Waals surface area (Å²) in [6, 6.07) is 31.6. The third-order valence-electron chi connectivity index (χ3n) is 6.18. The molecule has 1 aliphatic heterocycles. The molecule has 0 spiro atoms. The molecule has 1 saturated heterocycles. The van der Waals surface area contributed by atoms with Crippen LogP contribution in [0.5, 0.6) is 11.5 Å². The van der Waals surface area contributed by atoms with Crippen LogP contribution in [0, 0.1) is 5.82 Å². The lowest BCUT2D eigenvalue weighted by Crippen LogP contribution is -2.31. The lowest BCUT2D eigenvalue weighted by molar-refractivity contribution is -0.122. The standard InChI is InChI=1S/C33H29FN2O3S/c1-2-38-30-21-25(16-17-29(30)39-23-26-12-9-13-27(34)20-26)22-31-32(37)36(19-18-24-10-5-3-6-11-24)33(40-31)35-28-14-7-4-8-15-28/h3-17,20-22H,2,18-19,23H2,1H3/b31-22+,35-33?. The number of thioether (sulfide) groups is 1. The van der Waals surface area contributed by atoms with Crippen molar-refractivity contribution in [3.63, 3.8) is 0 Å². The number of aliphatic imine (C=N–C) groups is 1. The van der Waals surface area contributed by atoms with Crippen molar-refractivity contribution in [3.05, 3.63) is 131 Å². The first-order chi connectivity index (χ1) is 19.6. The molecule has 0 saturated carbocycles. The summed E-state index contributed by atoms with van der Waals surface area (Å²) >= 11 is 1.36. The predicted molar refractivity (Wildman–Crippen MR) is 159 cm³/mol. The zero-order valence-electron chi connectivity index (χ0n) is 22.1. The Labute approximate surface area is 238 Å². The van der Waals surface area contributed by atoms with Gasteiger partial charge in [-0.2, -0.15) is 0 Å². The summed E-state index contributed by atoms with van der Waals surface area (Å²) in [7, 11) is 0. The van der Waals surface area contributed by atoms with Crippen LogP contribution >= 0.6 is 11.8 Å². The average Bonchev–Trinajstić information content (AvgIpc) is 3.25. The van der Waals surface area contributed by atoms with Crippen molar-refractivity contribution >= 4 is 34.6 Å².